The first kappa shape index (κ1) is 14.8. The zero-order valence-corrected chi connectivity index (χ0v) is 13.6. The van der Waals surface area contributed by atoms with Gasteiger partial charge in [-0.25, -0.2) is 4.98 Å². The molecule has 0 radical (unpaired) electrons. The summed E-state index contributed by atoms with van der Waals surface area (Å²) in [6.07, 6.45) is 4.21. The quantitative estimate of drug-likeness (QED) is 0.821. The molecule has 1 fully saturated rings. The van der Waals surface area contributed by atoms with Crippen molar-refractivity contribution in [2.75, 3.05) is 26.7 Å². The van der Waals surface area contributed by atoms with Crippen molar-refractivity contribution < 1.29 is 4.42 Å². The van der Waals surface area contributed by atoms with Crippen molar-refractivity contribution in [2.24, 2.45) is 0 Å². The van der Waals surface area contributed by atoms with Gasteiger partial charge in [-0.3, -0.25) is 4.90 Å². The van der Waals surface area contributed by atoms with Crippen molar-refractivity contribution in [1.82, 2.24) is 14.8 Å². The minimum absolute atomic E-state index is 0.612. The molecule has 1 atom stereocenters. The summed E-state index contributed by atoms with van der Waals surface area (Å²) in [6, 6.07) is 4.98. The Labute approximate surface area is 130 Å². The summed E-state index contributed by atoms with van der Waals surface area (Å²) in [6.45, 7) is 6.27. The molecule has 4 nitrogen and oxygen atoms in total. The summed E-state index contributed by atoms with van der Waals surface area (Å²) in [4.78, 5) is 10.7. The second-order valence-electron chi connectivity index (χ2n) is 5.85. The van der Waals surface area contributed by atoms with Crippen LogP contribution in [0.1, 0.15) is 22.9 Å². The lowest BCUT2D eigenvalue weighted by Gasteiger charge is -2.23. The molecule has 3 heterocycles. The number of hydrogen-bond acceptors (Lipinski definition) is 5. The Morgan fingerprint density at radius 1 is 1.52 bits per heavy atom. The van der Waals surface area contributed by atoms with Crippen molar-refractivity contribution in [3.8, 4) is 0 Å². The van der Waals surface area contributed by atoms with E-state index in [1.807, 2.05) is 18.3 Å². The predicted molar refractivity (Wildman–Crippen MR) is 85.6 cm³/mol. The van der Waals surface area contributed by atoms with Gasteiger partial charge in [0.2, 0.25) is 5.89 Å². The second kappa shape index (κ2) is 6.73. The van der Waals surface area contributed by atoms with E-state index in [-0.39, 0.29) is 0 Å². The van der Waals surface area contributed by atoms with Crippen molar-refractivity contribution >= 4 is 11.3 Å². The Morgan fingerprint density at radius 3 is 3.14 bits per heavy atom. The first-order valence-corrected chi connectivity index (χ1v) is 8.45. The average molecular weight is 305 g/mol. The van der Waals surface area contributed by atoms with E-state index >= 15 is 0 Å². The van der Waals surface area contributed by atoms with Gasteiger partial charge in [-0.2, -0.15) is 0 Å². The lowest BCUT2D eigenvalue weighted by Crippen LogP contribution is -2.34. The molecular formula is C16H23N3OS. The smallest absolute Gasteiger partial charge is 0.208 e. The van der Waals surface area contributed by atoms with E-state index in [0.29, 0.717) is 6.04 Å². The normalized spacial score (nSPS) is 19.7. The fourth-order valence-electron chi connectivity index (χ4n) is 2.92. The Balaban J connectivity index is 1.45. The monoisotopic (exact) mass is 305 g/mol. The van der Waals surface area contributed by atoms with Crippen LogP contribution in [0.25, 0.3) is 0 Å². The van der Waals surface area contributed by atoms with Crippen LogP contribution in [-0.2, 0) is 13.0 Å². The molecule has 0 bridgehead atoms. The largest absolute Gasteiger partial charge is 0.445 e. The lowest BCUT2D eigenvalue weighted by atomic mass is 10.2. The van der Waals surface area contributed by atoms with Gasteiger partial charge in [0, 0.05) is 24.0 Å². The summed E-state index contributed by atoms with van der Waals surface area (Å²) >= 11 is 1.86. The summed E-state index contributed by atoms with van der Waals surface area (Å²) in [5, 5.41) is 2.16. The third-order valence-corrected chi connectivity index (χ3v) is 5.12. The number of aromatic nitrogens is 1. The van der Waals surface area contributed by atoms with Crippen LogP contribution in [0.2, 0.25) is 0 Å². The van der Waals surface area contributed by atoms with E-state index in [0.717, 1.165) is 24.7 Å². The molecule has 0 spiro atoms. The number of likely N-dealkylation sites (N-methyl/N-ethyl adjacent to an activating group) is 1. The van der Waals surface area contributed by atoms with E-state index in [4.69, 9.17) is 4.42 Å². The molecule has 1 aliphatic rings. The van der Waals surface area contributed by atoms with Gasteiger partial charge in [0.1, 0.15) is 5.76 Å². The molecule has 0 aliphatic carbocycles. The number of nitrogens with zero attached hydrogens (tertiary/aromatic N) is 3. The Bertz CT molecular complexity index is 552. The SMILES string of the molecule is Cc1cnc(CN(C)[C@@H]2CCN(CCc3cccs3)C2)o1. The maximum atomic E-state index is 5.57. The first-order chi connectivity index (χ1) is 10.2. The molecule has 1 aliphatic heterocycles. The maximum absolute atomic E-state index is 5.57. The molecule has 0 amide bonds. The van der Waals surface area contributed by atoms with Gasteiger partial charge in [0.05, 0.1) is 12.7 Å². The van der Waals surface area contributed by atoms with E-state index < -0.39 is 0 Å². The third kappa shape index (κ3) is 3.93. The van der Waals surface area contributed by atoms with Crippen LogP contribution in [-0.4, -0.2) is 47.5 Å². The fraction of sp³-hybridized carbons (Fsp3) is 0.562. The van der Waals surface area contributed by atoms with Gasteiger partial charge >= 0.3 is 0 Å². The third-order valence-electron chi connectivity index (χ3n) is 4.18. The molecule has 2 aromatic rings. The fourth-order valence-corrected chi connectivity index (χ4v) is 3.61. The zero-order valence-electron chi connectivity index (χ0n) is 12.8. The summed E-state index contributed by atoms with van der Waals surface area (Å²) < 4.78 is 5.57. The van der Waals surface area contributed by atoms with Gasteiger partial charge in [-0.05, 0) is 44.8 Å². The molecule has 2 aromatic heterocycles. The number of oxazole rings is 1. The van der Waals surface area contributed by atoms with Crippen molar-refractivity contribution in [1.29, 1.82) is 0 Å². The van der Waals surface area contributed by atoms with Crippen LogP contribution in [0, 0.1) is 6.92 Å². The molecule has 0 aromatic carbocycles. The van der Waals surface area contributed by atoms with Gasteiger partial charge in [-0.15, -0.1) is 11.3 Å². The Kier molecular flexibility index (Phi) is 4.73. The average Bonchev–Trinajstić information content (AvgIpc) is 3.17. The van der Waals surface area contributed by atoms with E-state index in [1.54, 1.807) is 6.20 Å². The van der Waals surface area contributed by atoms with E-state index in [1.165, 1.54) is 30.8 Å². The molecule has 0 unspecified atom stereocenters. The molecule has 114 valence electrons. The molecule has 0 saturated carbocycles. The number of thiophene rings is 1. The standard InChI is InChI=1S/C16H23N3OS/c1-13-10-17-16(20-13)12-18(2)14-5-7-19(11-14)8-6-15-4-3-9-21-15/h3-4,9-10,14H,5-8,11-12H2,1-2H3/t14-/m1/s1. The summed E-state index contributed by atoms with van der Waals surface area (Å²) in [5.41, 5.74) is 0. The van der Waals surface area contributed by atoms with Gasteiger partial charge in [-0.1, -0.05) is 6.07 Å². The van der Waals surface area contributed by atoms with Gasteiger partial charge < -0.3 is 9.32 Å². The Morgan fingerprint density at radius 2 is 2.43 bits per heavy atom. The van der Waals surface area contributed by atoms with Crippen LogP contribution in [0.5, 0.6) is 0 Å². The topological polar surface area (TPSA) is 32.5 Å². The molecule has 21 heavy (non-hydrogen) atoms. The molecule has 5 heteroatoms. The summed E-state index contributed by atoms with van der Waals surface area (Å²) in [7, 11) is 2.17. The van der Waals surface area contributed by atoms with Crippen molar-refractivity contribution in [3.63, 3.8) is 0 Å². The van der Waals surface area contributed by atoms with Crippen LogP contribution >= 0.6 is 11.3 Å². The minimum atomic E-state index is 0.612. The van der Waals surface area contributed by atoms with Crippen LogP contribution < -0.4 is 0 Å². The number of rotatable bonds is 6. The summed E-state index contributed by atoms with van der Waals surface area (Å²) in [5.74, 6) is 1.72. The van der Waals surface area contributed by atoms with Crippen molar-refractivity contribution in [2.45, 2.75) is 32.4 Å². The molecular weight excluding hydrogens is 282 g/mol. The van der Waals surface area contributed by atoms with Crippen molar-refractivity contribution in [3.05, 3.63) is 40.2 Å². The second-order valence-corrected chi connectivity index (χ2v) is 6.88. The number of likely N-dealkylation sites (tertiary alicyclic amines) is 1. The zero-order chi connectivity index (χ0) is 14.7. The highest BCUT2D eigenvalue weighted by Gasteiger charge is 2.26. The predicted octanol–water partition coefficient (Wildman–Crippen LogP) is 2.79. The number of aryl methyl sites for hydroxylation is 1. The van der Waals surface area contributed by atoms with Crippen LogP contribution in [0.15, 0.2) is 28.1 Å². The molecule has 1 saturated heterocycles. The van der Waals surface area contributed by atoms with E-state index in [2.05, 4.69) is 39.3 Å². The van der Waals surface area contributed by atoms with Gasteiger partial charge in [0.25, 0.3) is 0 Å². The van der Waals surface area contributed by atoms with Crippen LogP contribution in [0.3, 0.4) is 0 Å². The van der Waals surface area contributed by atoms with Gasteiger partial charge in [0.15, 0.2) is 0 Å². The Hall–Kier alpha value is -1.17. The minimum Gasteiger partial charge on any atom is -0.445 e. The lowest BCUT2D eigenvalue weighted by molar-refractivity contribution is 0.206. The highest BCUT2D eigenvalue weighted by atomic mass is 32.1. The van der Waals surface area contributed by atoms with Crippen LogP contribution in [0.4, 0.5) is 0 Å². The maximum Gasteiger partial charge on any atom is 0.208 e. The number of hydrogen-bond donors (Lipinski definition) is 0. The highest BCUT2D eigenvalue weighted by molar-refractivity contribution is 7.09. The molecule has 0 N–H and O–H groups in total. The highest BCUT2D eigenvalue weighted by Crippen LogP contribution is 2.18. The molecule has 3 rings (SSSR count). The first-order valence-electron chi connectivity index (χ1n) is 7.57. The van der Waals surface area contributed by atoms with E-state index in [9.17, 15) is 0 Å².